The molecule has 0 amide bonds. The molecule has 3 nitrogen and oxygen atoms in total. The van der Waals surface area contributed by atoms with E-state index in [-0.39, 0.29) is 5.75 Å². The van der Waals surface area contributed by atoms with E-state index in [4.69, 9.17) is 0 Å². The van der Waals surface area contributed by atoms with Gasteiger partial charge in [-0.3, -0.25) is 0 Å². The molecule has 0 saturated heterocycles. The Morgan fingerprint density at radius 1 is 1.04 bits per heavy atom. The first kappa shape index (κ1) is 19.6. The molecule has 0 bridgehead atoms. The third kappa shape index (κ3) is 4.56. The van der Waals surface area contributed by atoms with Crippen molar-refractivity contribution in [3.05, 3.63) is 76.8 Å². The highest BCUT2D eigenvalue weighted by Gasteiger charge is 2.30. The van der Waals surface area contributed by atoms with Gasteiger partial charge in [-0.1, -0.05) is 42.5 Å². The van der Waals surface area contributed by atoms with Crippen LogP contribution in [0.1, 0.15) is 29.0 Å². The molecular formula is C19H16F3NO2S2. The second-order valence-corrected chi connectivity index (χ2v) is 9.26. The molecule has 0 aliphatic rings. The van der Waals surface area contributed by atoms with E-state index in [2.05, 4.69) is 4.98 Å². The molecule has 0 aliphatic carbocycles. The topological polar surface area (TPSA) is 47.0 Å². The molecule has 142 valence electrons. The maximum Gasteiger partial charge on any atom is 0.416 e. The molecule has 0 spiro atoms. The summed E-state index contributed by atoms with van der Waals surface area (Å²) in [6.07, 6.45) is -4.39. The fourth-order valence-electron chi connectivity index (χ4n) is 2.57. The number of sulfone groups is 1. The van der Waals surface area contributed by atoms with Gasteiger partial charge in [0.1, 0.15) is 5.01 Å². The fraction of sp³-hybridized carbons (Fsp3) is 0.211. The molecule has 0 N–H and O–H groups in total. The van der Waals surface area contributed by atoms with Gasteiger partial charge < -0.3 is 0 Å². The molecule has 0 radical (unpaired) electrons. The van der Waals surface area contributed by atoms with Gasteiger partial charge >= 0.3 is 6.18 Å². The first-order valence-corrected chi connectivity index (χ1v) is 10.6. The molecule has 0 aliphatic heterocycles. The highest BCUT2D eigenvalue weighted by atomic mass is 32.2. The first-order chi connectivity index (χ1) is 12.7. The molecule has 8 heteroatoms. The third-order valence-corrected chi connectivity index (χ3v) is 7.16. The molecule has 1 unspecified atom stereocenters. The Balaban J connectivity index is 1.78. The Morgan fingerprint density at radius 3 is 2.26 bits per heavy atom. The smallest absolute Gasteiger partial charge is 0.240 e. The van der Waals surface area contributed by atoms with Crippen molar-refractivity contribution >= 4 is 21.2 Å². The van der Waals surface area contributed by atoms with Gasteiger partial charge in [0, 0.05) is 10.9 Å². The number of benzene rings is 2. The van der Waals surface area contributed by atoms with E-state index in [1.807, 2.05) is 6.07 Å². The quantitative estimate of drug-likeness (QED) is 0.557. The lowest BCUT2D eigenvalue weighted by atomic mass is 10.1. The number of rotatable bonds is 5. The molecule has 27 heavy (non-hydrogen) atoms. The molecule has 2 aromatic carbocycles. The first-order valence-electron chi connectivity index (χ1n) is 8.05. The van der Waals surface area contributed by atoms with Crippen LogP contribution in [-0.2, 0) is 21.8 Å². The number of nitrogens with zero attached hydrogens (tertiary/aromatic N) is 1. The number of thiazole rings is 1. The van der Waals surface area contributed by atoms with E-state index >= 15 is 0 Å². The van der Waals surface area contributed by atoms with Crippen LogP contribution in [0.15, 0.2) is 60.0 Å². The monoisotopic (exact) mass is 411 g/mol. The maximum atomic E-state index is 12.6. The fourth-order valence-corrected chi connectivity index (χ4v) is 4.88. The lowest BCUT2D eigenvalue weighted by Crippen LogP contribution is -2.13. The molecule has 0 saturated carbocycles. The zero-order valence-electron chi connectivity index (χ0n) is 14.3. The molecule has 1 heterocycles. The van der Waals surface area contributed by atoms with Crippen molar-refractivity contribution in [1.29, 1.82) is 0 Å². The zero-order chi connectivity index (χ0) is 19.7. The van der Waals surface area contributed by atoms with Crippen molar-refractivity contribution in [1.82, 2.24) is 4.98 Å². The van der Waals surface area contributed by atoms with Gasteiger partial charge in [-0.05, 0) is 24.6 Å². The van der Waals surface area contributed by atoms with Crippen molar-refractivity contribution in [2.45, 2.75) is 24.1 Å². The predicted octanol–water partition coefficient (Wildman–Crippen LogP) is 5.50. The standard InChI is InChI=1S/C19H16F3NO2S2/c1-13(14-5-3-2-4-6-14)27(24,25)12-17-11-26-18(23-17)15-7-9-16(10-8-15)19(20,21)22/h2-11,13H,12H2,1H3. The second-order valence-electron chi connectivity index (χ2n) is 6.08. The van der Waals surface area contributed by atoms with Crippen LogP contribution in [0.4, 0.5) is 13.2 Å². The van der Waals surface area contributed by atoms with Gasteiger partial charge in [-0.2, -0.15) is 13.2 Å². The second kappa shape index (κ2) is 7.44. The Labute approximate surface area is 159 Å². The van der Waals surface area contributed by atoms with Gasteiger partial charge in [0.15, 0.2) is 9.84 Å². The van der Waals surface area contributed by atoms with Crippen LogP contribution < -0.4 is 0 Å². The minimum Gasteiger partial charge on any atom is -0.240 e. The average molecular weight is 411 g/mol. The van der Waals surface area contributed by atoms with Crippen LogP contribution in [0.2, 0.25) is 0 Å². The van der Waals surface area contributed by atoms with Crippen LogP contribution in [0.5, 0.6) is 0 Å². The molecule has 0 fully saturated rings. The molecule has 3 aromatic rings. The summed E-state index contributed by atoms with van der Waals surface area (Å²) in [5.41, 5.74) is 0.878. The zero-order valence-corrected chi connectivity index (χ0v) is 15.9. The van der Waals surface area contributed by atoms with Crippen LogP contribution in [0.25, 0.3) is 10.6 Å². The lowest BCUT2D eigenvalue weighted by Gasteiger charge is -2.12. The van der Waals surface area contributed by atoms with Gasteiger partial charge in [0.2, 0.25) is 0 Å². The summed E-state index contributed by atoms with van der Waals surface area (Å²) in [4.78, 5) is 4.29. The van der Waals surface area contributed by atoms with Crippen LogP contribution in [0, 0.1) is 0 Å². The molecule has 1 atom stereocenters. The summed E-state index contributed by atoms with van der Waals surface area (Å²) in [6.45, 7) is 1.63. The highest BCUT2D eigenvalue weighted by molar-refractivity contribution is 7.90. The Morgan fingerprint density at radius 2 is 1.67 bits per heavy atom. The lowest BCUT2D eigenvalue weighted by molar-refractivity contribution is -0.137. The minimum absolute atomic E-state index is 0.222. The SMILES string of the molecule is CC(c1ccccc1)S(=O)(=O)Cc1csc(-c2ccc(C(F)(F)F)cc2)n1. The number of aromatic nitrogens is 1. The summed E-state index contributed by atoms with van der Waals surface area (Å²) in [7, 11) is -3.47. The number of halogens is 3. The van der Waals surface area contributed by atoms with Crippen molar-refractivity contribution in [2.75, 3.05) is 0 Å². The Bertz CT molecular complexity index is 1010. The third-order valence-electron chi connectivity index (χ3n) is 4.17. The molecule has 1 aromatic heterocycles. The largest absolute Gasteiger partial charge is 0.416 e. The van der Waals surface area contributed by atoms with E-state index in [9.17, 15) is 21.6 Å². The van der Waals surface area contributed by atoms with Crippen molar-refractivity contribution < 1.29 is 21.6 Å². The van der Waals surface area contributed by atoms with Gasteiger partial charge in [-0.15, -0.1) is 11.3 Å². The number of hydrogen-bond acceptors (Lipinski definition) is 4. The van der Waals surface area contributed by atoms with Gasteiger partial charge in [0.25, 0.3) is 0 Å². The van der Waals surface area contributed by atoms with Crippen molar-refractivity contribution in [3.8, 4) is 10.6 Å². The van der Waals surface area contributed by atoms with E-state index in [0.717, 1.165) is 12.1 Å². The summed E-state index contributed by atoms with van der Waals surface area (Å²) in [6, 6.07) is 13.6. The predicted molar refractivity (Wildman–Crippen MR) is 100 cm³/mol. The Kier molecular flexibility index (Phi) is 5.39. The molecule has 3 rings (SSSR count). The van der Waals surface area contributed by atoms with Crippen LogP contribution >= 0.6 is 11.3 Å². The van der Waals surface area contributed by atoms with E-state index in [1.165, 1.54) is 23.5 Å². The number of hydrogen-bond donors (Lipinski definition) is 0. The summed E-state index contributed by atoms with van der Waals surface area (Å²) in [5, 5.41) is 1.44. The summed E-state index contributed by atoms with van der Waals surface area (Å²) in [5.74, 6) is -0.222. The van der Waals surface area contributed by atoms with Crippen LogP contribution in [-0.4, -0.2) is 13.4 Å². The highest BCUT2D eigenvalue weighted by Crippen LogP contribution is 2.32. The van der Waals surface area contributed by atoms with E-state index in [0.29, 0.717) is 21.8 Å². The summed E-state index contributed by atoms with van der Waals surface area (Å²) >= 11 is 1.21. The van der Waals surface area contributed by atoms with E-state index < -0.39 is 26.8 Å². The van der Waals surface area contributed by atoms with Gasteiger partial charge in [-0.25, -0.2) is 13.4 Å². The number of alkyl halides is 3. The van der Waals surface area contributed by atoms with E-state index in [1.54, 1.807) is 36.6 Å². The molecular weight excluding hydrogens is 395 g/mol. The average Bonchev–Trinajstić information content (AvgIpc) is 3.09. The van der Waals surface area contributed by atoms with Crippen molar-refractivity contribution in [2.24, 2.45) is 0 Å². The normalized spacial score (nSPS) is 13.5. The van der Waals surface area contributed by atoms with Crippen LogP contribution in [0.3, 0.4) is 0 Å². The van der Waals surface area contributed by atoms with Crippen molar-refractivity contribution in [3.63, 3.8) is 0 Å². The maximum absolute atomic E-state index is 12.6. The minimum atomic E-state index is -4.39. The Hall–Kier alpha value is -2.19. The summed E-state index contributed by atoms with van der Waals surface area (Å²) < 4.78 is 63.2. The van der Waals surface area contributed by atoms with Gasteiger partial charge in [0.05, 0.1) is 22.3 Å².